The fourth-order valence-corrected chi connectivity index (χ4v) is 2.61. The van der Waals surface area contributed by atoms with Crippen LogP contribution in [-0.2, 0) is 11.3 Å². The average Bonchev–Trinajstić information content (AvgIpc) is 2.36. The van der Waals surface area contributed by atoms with Gasteiger partial charge in [-0.15, -0.1) is 0 Å². The number of hydrogen-bond donors (Lipinski definition) is 2. The van der Waals surface area contributed by atoms with Crippen LogP contribution >= 0.6 is 0 Å². The van der Waals surface area contributed by atoms with Crippen LogP contribution in [0, 0.1) is 12.3 Å². The van der Waals surface area contributed by atoms with Gasteiger partial charge in [-0.05, 0) is 25.3 Å². The lowest BCUT2D eigenvalue weighted by molar-refractivity contribution is -0.153. The summed E-state index contributed by atoms with van der Waals surface area (Å²) in [4.78, 5) is 24.9. The van der Waals surface area contributed by atoms with Crippen LogP contribution in [0.3, 0.4) is 0 Å². The second-order valence-corrected chi connectivity index (χ2v) is 5.94. The first kappa shape index (κ1) is 15.4. The van der Waals surface area contributed by atoms with Crippen LogP contribution < -0.4 is 5.32 Å². The molecule has 2 amide bonds. The van der Waals surface area contributed by atoms with E-state index in [1.165, 1.54) is 0 Å². The average molecular weight is 290 g/mol. The first-order valence-corrected chi connectivity index (χ1v) is 7.21. The van der Waals surface area contributed by atoms with E-state index in [1.807, 2.05) is 31.2 Å². The standard InChI is InChI=1S/C16H22N2O3/c1-12-5-3-6-13(9-12)10-18(2)15(21)17-11-16(14(19)20)7-4-8-16/h3,5-6,9H,4,7-8,10-11H2,1-2H3,(H,17,21)(H,19,20). The van der Waals surface area contributed by atoms with E-state index < -0.39 is 11.4 Å². The molecular weight excluding hydrogens is 268 g/mol. The summed E-state index contributed by atoms with van der Waals surface area (Å²) in [5.41, 5.74) is 1.46. The van der Waals surface area contributed by atoms with Crippen molar-refractivity contribution in [3.63, 3.8) is 0 Å². The molecule has 0 aliphatic heterocycles. The van der Waals surface area contributed by atoms with E-state index >= 15 is 0 Å². The number of carbonyl (C=O) groups is 2. The normalized spacial score (nSPS) is 15.9. The lowest BCUT2D eigenvalue weighted by Crippen LogP contribution is -2.49. The summed E-state index contributed by atoms with van der Waals surface area (Å²) < 4.78 is 0. The van der Waals surface area contributed by atoms with Crippen LogP contribution in [0.1, 0.15) is 30.4 Å². The third-order valence-corrected chi connectivity index (χ3v) is 4.19. The van der Waals surface area contributed by atoms with Gasteiger partial charge in [0.1, 0.15) is 0 Å². The molecule has 2 rings (SSSR count). The first-order valence-electron chi connectivity index (χ1n) is 7.21. The molecule has 5 heteroatoms. The highest BCUT2D eigenvalue weighted by Crippen LogP contribution is 2.40. The number of aryl methyl sites for hydroxylation is 1. The summed E-state index contributed by atoms with van der Waals surface area (Å²) in [6.45, 7) is 2.73. The third kappa shape index (κ3) is 3.54. The van der Waals surface area contributed by atoms with Gasteiger partial charge in [0.15, 0.2) is 0 Å². The zero-order chi connectivity index (χ0) is 15.5. The number of hydrogen-bond acceptors (Lipinski definition) is 2. The van der Waals surface area contributed by atoms with Crippen molar-refractivity contribution in [3.8, 4) is 0 Å². The molecule has 0 saturated heterocycles. The minimum Gasteiger partial charge on any atom is -0.481 e. The topological polar surface area (TPSA) is 69.6 Å². The number of benzene rings is 1. The van der Waals surface area contributed by atoms with E-state index in [-0.39, 0.29) is 12.6 Å². The monoisotopic (exact) mass is 290 g/mol. The minimum atomic E-state index is -0.810. The Bertz CT molecular complexity index is 538. The molecule has 0 bridgehead atoms. The maximum absolute atomic E-state index is 12.1. The van der Waals surface area contributed by atoms with Crippen molar-refractivity contribution in [1.29, 1.82) is 0 Å². The molecule has 0 atom stereocenters. The summed E-state index contributed by atoms with van der Waals surface area (Å²) in [6, 6.07) is 7.75. The minimum absolute atomic E-state index is 0.208. The molecule has 1 aromatic rings. The number of rotatable bonds is 5. The van der Waals surface area contributed by atoms with Crippen LogP contribution in [-0.4, -0.2) is 35.6 Å². The fraction of sp³-hybridized carbons (Fsp3) is 0.500. The lowest BCUT2D eigenvalue weighted by atomic mass is 9.69. The number of aliphatic carboxylic acids is 1. The predicted molar refractivity (Wildman–Crippen MR) is 80.0 cm³/mol. The molecule has 0 aromatic heterocycles. The van der Waals surface area contributed by atoms with Gasteiger partial charge in [-0.25, -0.2) is 4.79 Å². The summed E-state index contributed by atoms with van der Waals surface area (Å²) in [7, 11) is 1.71. The summed E-state index contributed by atoms with van der Waals surface area (Å²) in [5, 5.41) is 12.0. The molecule has 0 radical (unpaired) electrons. The Labute approximate surface area is 125 Å². The van der Waals surface area contributed by atoms with Gasteiger partial charge in [0, 0.05) is 20.1 Å². The summed E-state index contributed by atoms with van der Waals surface area (Å²) >= 11 is 0. The van der Waals surface area contributed by atoms with Gasteiger partial charge >= 0.3 is 12.0 Å². The lowest BCUT2D eigenvalue weighted by Gasteiger charge is -2.37. The SMILES string of the molecule is Cc1cccc(CN(C)C(=O)NCC2(C(=O)O)CCC2)c1. The van der Waals surface area contributed by atoms with E-state index in [4.69, 9.17) is 0 Å². The Morgan fingerprint density at radius 3 is 2.62 bits per heavy atom. The molecule has 2 N–H and O–H groups in total. The van der Waals surface area contributed by atoms with Gasteiger partial charge < -0.3 is 15.3 Å². The smallest absolute Gasteiger partial charge is 0.317 e. The number of urea groups is 1. The number of carboxylic acid groups (broad SMARTS) is 1. The Kier molecular flexibility index (Phi) is 4.50. The molecule has 0 spiro atoms. The molecule has 1 aliphatic rings. The number of nitrogens with one attached hydrogen (secondary N) is 1. The van der Waals surface area contributed by atoms with Gasteiger partial charge in [-0.3, -0.25) is 4.79 Å². The van der Waals surface area contributed by atoms with Crippen LogP contribution in [0.15, 0.2) is 24.3 Å². The number of carboxylic acids is 1. The van der Waals surface area contributed by atoms with Crippen LogP contribution in [0.25, 0.3) is 0 Å². The molecule has 1 saturated carbocycles. The number of nitrogens with zero attached hydrogens (tertiary/aromatic N) is 1. The zero-order valence-corrected chi connectivity index (χ0v) is 12.6. The van der Waals surface area contributed by atoms with Gasteiger partial charge in [0.25, 0.3) is 0 Å². The largest absolute Gasteiger partial charge is 0.481 e. The quantitative estimate of drug-likeness (QED) is 0.874. The summed E-state index contributed by atoms with van der Waals surface area (Å²) in [5.74, 6) is -0.810. The van der Waals surface area contributed by atoms with Crippen molar-refractivity contribution in [2.75, 3.05) is 13.6 Å². The van der Waals surface area contributed by atoms with Crippen LogP contribution in [0.4, 0.5) is 4.79 Å². The molecule has 1 aliphatic carbocycles. The third-order valence-electron chi connectivity index (χ3n) is 4.19. The molecule has 21 heavy (non-hydrogen) atoms. The van der Waals surface area contributed by atoms with Gasteiger partial charge in [-0.2, -0.15) is 0 Å². The van der Waals surface area contributed by atoms with Gasteiger partial charge in [-0.1, -0.05) is 36.2 Å². The van der Waals surface area contributed by atoms with Gasteiger partial charge in [0.2, 0.25) is 0 Å². The molecule has 5 nitrogen and oxygen atoms in total. The van der Waals surface area contributed by atoms with Gasteiger partial charge in [0.05, 0.1) is 5.41 Å². The predicted octanol–water partition coefficient (Wildman–Crippen LogP) is 2.39. The number of amides is 2. The molecule has 0 unspecified atom stereocenters. The van der Waals surface area contributed by atoms with Crippen LogP contribution in [0.5, 0.6) is 0 Å². The first-order chi connectivity index (χ1) is 9.93. The molecule has 114 valence electrons. The second-order valence-electron chi connectivity index (χ2n) is 5.94. The molecular formula is C16H22N2O3. The van der Waals surface area contributed by atoms with Crippen molar-refractivity contribution in [1.82, 2.24) is 10.2 Å². The Balaban J connectivity index is 1.87. The number of carbonyl (C=O) groups excluding carboxylic acids is 1. The Hall–Kier alpha value is -2.04. The van der Waals surface area contributed by atoms with Crippen molar-refractivity contribution in [2.24, 2.45) is 5.41 Å². The molecule has 1 aromatic carbocycles. The maximum Gasteiger partial charge on any atom is 0.317 e. The second kappa shape index (κ2) is 6.16. The highest BCUT2D eigenvalue weighted by atomic mass is 16.4. The highest BCUT2D eigenvalue weighted by Gasteiger charge is 2.44. The van der Waals surface area contributed by atoms with E-state index in [1.54, 1.807) is 11.9 Å². The zero-order valence-electron chi connectivity index (χ0n) is 12.6. The van der Waals surface area contributed by atoms with Crippen molar-refractivity contribution < 1.29 is 14.7 Å². The fourth-order valence-electron chi connectivity index (χ4n) is 2.61. The van der Waals surface area contributed by atoms with E-state index in [0.29, 0.717) is 19.4 Å². The Morgan fingerprint density at radius 2 is 2.10 bits per heavy atom. The Morgan fingerprint density at radius 1 is 1.38 bits per heavy atom. The van der Waals surface area contributed by atoms with Crippen molar-refractivity contribution in [2.45, 2.75) is 32.7 Å². The highest BCUT2D eigenvalue weighted by molar-refractivity contribution is 5.78. The van der Waals surface area contributed by atoms with Crippen LogP contribution in [0.2, 0.25) is 0 Å². The molecule has 0 heterocycles. The maximum atomic E-state index is 12.1. The van der Waals surface area contributed by atoms with Crippen molar-refractivity contribution >= 4 is 12.0 Å². The summed E-state index contributed by atoms with van der Waals surface area (Å²) in [6.07, 6.45) is 2.20. The van der Waals surface area contributed by atoms with E-state index in [2.05, 4.69) is 5.32 Å². The van der Waals surface area contributed by atoms with E-state index in [9.17, 15) is 14.7 Å². The molecule has 1 fully saturated rings. The van der Waals surface area contributed by atoms with E-state index in [0.717, 1.165) is 17.5 Å². The van der Waals surface area contributed by atoms with Crippen molar-refractivity contribution in [3.05, 3.63) is 35.4 Å².